The smallest absolute Gasteiger partial charge is 0.504 e. The van der Waals surface area contributed by atoms with Crippen molar-refractivity contribution < 1.29 is 155 Å². The van der Waals surface area contributed by atoms with Crippen LogP contribution in [0.5, 0.6) is 0 Å². The minimum absolute atomic E-state index is 0. The summed E-state index contributed by atoms with van der Waals surface area (Å²) in [4.78, 5) is 61.6. The molecule has 3 radical (unpaired) electrons. The van der Waals surface area contributed by atoms with Crippen molar-refractivity contribution in [2.24, 2.45) is 0 Å². The van der Waals surface area contributed by atoms with Crippen LogP contribution >= 0.6 is 0 Å². The van der Waals surface area contributed by atoms with Crippen molar-refractivity contribution >= 4 is 35.8 Å². The van der Waals surface area contributed by atoms with E-state index in [1.807, 2.05) is 6.92 Å². The van der Waals surface area contributed by atoms with E-state index >= 15 is 0 Å². The molecule has 0 aromatic heterocycles. The summed E-state index contributed by atoms with van der Waals surface area (Å²) in [6, 6.07) is 0. The Balaban J connectivity index is -0.0000000533. The van der Waals surface area contributed by atoms with Crippen molar-refractivity contribution in [1.29, 1.82) is 0 Å². The van der Waals surface area contributed by atoms with Crippen molar-refractivity contribution in [3.63, 3.8) is 0 Å². The number of carbonyl (C=O) groups is 6. The molecule has 0 aliphatic heterocycles. The normalized spacial score (nSPS) is 7.41. The fraction of sp³-hybridized carbons (Fsp3) is 0.484. The largest absolute Gasteiger partial charge is 0.507 e. The van der Waals surface area contributed by atoms with Crippen LogP contribution in [0.1, 0.15) is 60.3 Å². The number of hydrogen-bond acceptors (Lipinski definition) is 12. The molecule has 0 aliphatic rings. The summed E-state index contributed by atoms with van der Waals surface area (Å²) in [7, 11) is 2.47. The van der Waals surface area contributed by atoms with Gasteiger partial charge < -0.3 is 56.2 Å². The number of rotatable bonds is 15. The summed E-state index contributed by atoms with van der Waals surface area (Å²) in [6.45, 7) is 22.2. The summed E-state index contributed by atoms with van der Waals surface area (Å²) < 4.78 is 26.3. The van der Waals surface area contributed by atoms with Crippen molar-refractivity contribution in [2.45, 2.75) is 60.3 Å². The summed E-state index contributed by atoms with van der Waals surface area (Å²) in [5.41, 5.74) is 0. The van der Waals surface area contributed by atoms with Crippen LogP contribution in [0.4, 0.5) is 9.59 Å². The maximum absolute atomic E-state index is 10.5. The van der Waals surface area contributed by atoms with Gasteiger partial charge in [-0.05, 0) is 24.4 Å². The zero-order chi connectivity index (χ0) is 33.6. The van der Waals surface area contributed by atoms with E-state index in [4.69, 9.17) is 0 Å². The molecule has 46 heavy (non-hydrogen) atoms. The van der Waals surface area contributed by atoms with Crippen LogP contribution in [0.2, 0.25) is 0 Å². The third kappa shape index (κ3) is 84.2. The Morgan fingerprint density at radius 1 is 0.609 bits per heavy atom. The van der Waals surface area contributed by atoms with Gasteiger partial charge in [0, 0.05) is 125 Å². The molecule has 0 saturated heterocycles. The molecule has 0 aromatic carbocycles. The van der Waals surface area contributed by atoms with Gasteiger partial charge in [0.05, 0.1) is 40.6 Å². The van der Waals surface area contributed by atoms with E-state index in [0.717, 1.165) is 12.8 Å². The monoisotopic (exact) mass is 880 g/mol. The van der Waals surface area contributed by atoms with Gasteiger partial charge in [0.1, 0.15) is 0 Å². The molecule has 0 heterocycles. The van der Waals surface area contributed by atoms with Crippen LogP contribution in [0.15, 0.2) is 45.0 Å². The average Bonchev–Trinajstić information content (AvgIpc) is 2.97. The molecule has 0 amide bonds. The maximum Gasteiger partial charge on any atom is 0.507 e. The Morgan fingerprint density at radius 2 is 0.891 bits per heavy atom. The molecule has 0 fully saturated rings. The Bertz CT molecular complexity index is 817. The summed E-state index contributed by atoms with van der Waals surface area (Å²) in [5, 5.41) is 0. The first-order chi connectivity index (χ1) is 19.9. The summed E-state index contributed by atoms with van der Waals surface area (Å²) in [6.07, 6.45) is 11.5. The number of Topliss-reactive ketones (excluding diaryl/α,β-unsaturated/α-hetero) is 2. The van der Waals surface area contributed by atoms with Gasteiger partial charge in [0.2, 0.25) is 0 Å². The van der Waals surface area contributed by atoms with Gasteiger partial charge in [-0.1, -0.05) is 26.5 Å². The van der Waals surface area contributed by atoms with E-state index in [0.29, 0.717) is 19.6 Å². The summed E-state index contributed by atoms with van der Waals surface area (Å²) in [5.74, 6) is -1.13. The molecule has 0 aliphatic carbocycles. The van der Waals surface area contributed by atoms with Gasteiger partial charge >= 0.3 is 24.2 Å². The van der Waals surface area contributed by atoms with Crippen molar-refractivity contribution in [3.05, 3.63) is 63.3 Å². The molecule has 12 nitrogen and oxygen atoms in total. The van der Waals surface area contributed by atoms with Crippen LogP contribution in [-0.4, -0.2) is 76.5 Å². The van der Waals surface area contributed by atoms with Crippen LogP contribution in [0.25, 0.3) is 0 Å². The quantitative estimate of drug-likeness (QED) is 0.0495. The fourth-order valence-electron chi connectivity index (χ4n) is 1.32. The van der Waals surface area contributed by atoms with Gasteiger partial charge in [0.15, 0.2) is 0 Å². The van der Waals surface area contributed by atoms with Gasteiger partial charge in [-0.3, -0.25) is 29.3 Å². The molecule has 257 valence electrons. The van der Waals surface area contributed by atoms with E-state index in [-0.39, 0.29) is 155 Å². The van der Waals surface area contributed by atoms with E-state index in [1.54, 1.807) is 12.2 Å². The zero-order valence-corrected chi connectivity index (χ0v) is 35.7. The Kier molecular flexibility index (Phi) is 86.4. The van der Waals surface area contributed by atoms with Crippen LogP contribution in [0.3, 0.4) is 0 Å². The molecule has 15 heteroatoms. The second kappa shape index (κ2) is 59.3. The van der Waals surface area contributed by atoms with Crippen LogP contribution < -0.4 is 0 Å². The van der Waals surface area contributed by atoms with E-state index in [9.17, 15) is 28.8 Å². The minimum Gasteiger partial charge on any atom is -0.504 e. The maximum atomic E-state index is 10.5. The molecule has 0 bridgehead atoms. The van der Waals surface area contributed by atoms with Gasteiger partial charge in [0.25, 0.3) is 0 Å². The predicted molar refractivity (Wildman–Crippen MR) is 162 cm³/mol. The Labute approximate surface area is 351 Å². The third-order valence-corrected chi connectivity index (χ3v) is 3.33. The predicted octanol–water partition coefficient (Wildman–Crippen LogP) is 5.70. The summed E-state index contributed by atoms with van der Waals surface area (Å²) >= 11 is 0. The molecule has 0 rings (SSSR count). The first-order valence-corrected chi connectivity index (χ1v) is 12.4. The molecule has 0 N–H and O–H groups in total. The Morgan fingerprint density at radius 3 is 1.15 bits per heavy atom. The first kappa shape index (κ1) is 67.1. The van der Waals surface area contributed by atoms with E-state index in [1.165, 1.54) is 28.1 Å². The molecule has 0 spiro atoms. The standard InChI is InChI=1S/C7H9O4.C7H9O3.C6H10O3.C6H10O2.C4H7.CH4.3Y/c1-3-6(8)4-5-11-7(9)10-2;1-3-7(9)4-5-10-6(2)8;1-3-4-5-9-6(7)8-2;1-3-4-5-8-6(2)7;1-3-4-2;;;;/h1,4-5H2,2H3;1,4-5H2,2H3;3H,1,4-5H2,2H3;3H,1,4-5H2,2H3;1,4H2,2H3;1H4;;;/q2*-1;;;-1;;;;. The minimum atomic E-state index is -0.790. The first-order valence-electron chi connectivity index (χ1n) is 12.4. The molecule has 0 saturated carbocycles. The van der Waals surface area contributed by atoms with E-state index in [2.05, 4.69) is 79.5 Å². The molecular weight excluding hydrogens is 831 g/mol. The number of esters is 2. The average molecular weight is 880 g/mol. The van der Waals surface area contributed by atoms with Gasteiger partial charge in [-0.25, -0.2) is 9.59 Å². The second-order valence-electron chi connectivity index (χ2n) is 6.74. The van der Waals surface area contributed by atoms with Crippen molar-refractivity contribution in [2.75, 3.05) is 40.6 Å². The SMILES string of the molecule is C.C=CCCOC(=O)OC.C=CCCOC(C)=O.C=[C-]C(=O)CCOC(=O)OC.C=[C-]C(=O)CCOC(C)=O.C=[C-]CC.[Y].[Y].[Y]. The Hall–Kier alpha value is -1.17. The number of hydrogen-bond donors (Lipinski definition) is 0. The van der Waals surface area contributed by atoms with Gasteiger partial charge in [-0.2, -0.15) is 6.42 Å². The number of ether oxygens (including phenoxy) is 6. The van der Waals surface area contributed by atoms with Gasteiger partial charge in [-0.15, -0.1) is 13.2 Å². The number of ketones is 2. The second-order valence-corrected chi connectivity index (χ2v) is 6.74. The fourth-order valence-corrected chi connectivity index (χ4v) is 1.32. The van der Waals surface area contributed by atoms with Crippen molar-refractivity contribution in [3.8, 4) is 0 Å². The van der Waals surface area contributed by atoms with E-state index < -0.39 is 12.3 Å². The van der Waals surface area contributed by atoms with Crippen LogP contribution in [0, 0.1) is 18.2 Å². The molecule has 0 unspecified atom stereocenters. The molecule has 0 aromatic rings. The molecule has 0 atom stereocenters. The third-order valence-electron chi connectivity index (χ3n) is 3.33. The molecular formula is C31H49O12Y3-3. The van der Waals surface area contributed by atoms with Crippen molar-refractivity contribution in [1.82, 2.24) is 0 Å². The topological polar surface area (TPSA) is 158 Å². The number of carbonyl (C=O) groups excluding carboxylic acids is 6. The van der Waals surface area contributed by atoms with Crippen LogP contribution in [-0.2, 0) is 146 Å². The number of allylic oxidation sites excluding steroid dienone is 3. The number of methoxy groups -OCH3 is 2. The zero-order valence-electron chi connectivity index (χ0n) is 27.2.